The molecule has 0 spiro atoms. The van der Waals surface area contributed by atoms with Crippen molar-refractivity contribution >= 4 is 18.5 Å². The van der Waals surface area contributed by atoms with E-state index in [9.17, 15) is 4.79 Å². The lowest BCUT2D eigenvalue weighted by molar-refractivity contribution is 0.0913. The van der Waals surface area contributed by atoms with Crippen LogP contribution in [0.1, 0.15) is 24.2 Å². The molecular formula is C14H22N2OS. The molecule has 1 aromatic rings. The van der Waals surface area contributed by atoms with Gasteiger partial charge in [-0.05, 0) is 32.1 Å². The van der Waals surface area contributed by atoms with Crippen LogP contribution in [0, 0.1) is 5.92 Å². The third-order valence-corrected chi connectivity index (χ3v) is 3.22. The van der Waals surface area contributed by atoms with Crippen molar-refractivity contribution < 1.29 is 4.79 Å². The third kappa shape index (κ3) is 4.35. The van der Waals surface area contributed by atoms with E-state index in [4.69, 9.17) is 0 Å². The van der Waals surface area contributed by atoms with Gasteiger partial charge < -0.3 is 10.2 Å². The first-order valence-electron chi connectivity index (χ1n) is 6.15. The topological polar surface area (TPSA) is 32.3 Å². The second-order valence-electron chi connectivity index (χ2n) is 5.10. The van der Waals surface area contributed by atoms with Crippen LogP contribution in [0.4, 0.5) is 0 Å². The fraction of sp³-hybridized carbons (Fsp3) is 0.500. The van der Waals surface area contributed by atoms with E-state index in [0.717, 1.165) is 6.54 Å². The molecule has 1 aromatic carbocycles. The van der Waals surface area contributed by atoms with Crippen LogP contribution in [0.25, 0.3) is 0 Å². The van der Waals surface area contributed by atoms with E-state index in [-0.39, 0.29) is 11.9 Å². The molecule has 0 saturated carbocycles. The average molecular weight is 266 g/mol. The highest BCUT2D eigenvalue weighted by Gasteiger charge is 2.18. The van der Waals surface area contributed by atoms with E-state index < -0.39 is 0 Å². The second-order valence-corrected chi connectivity index (χ2v) is 5.59. The number of benzene rings is 1. The maximum atomic E-state index is 12.2. The Morgan fingerprint density at radius 1 is 1.33 bits per heavy atom. The molecule has 1 amide bonds. The lowest BCUT2D eigenvalue weighted by Gasteiger charge is -2.25. The summed E-state index contributed by atoms with van der Waals surface area (Å²) >= 11 is 4.31. The highest BCUT2D eigenvalue weighted by atomic mass is 32.1. The summed E-state index contributed by atoms with van der Waals surface area (Å²) in [6, 6.07) is 7.49. The molecule has 0 aliphatic carbocycles. The van der Waals surface area contributed by atoms with E-state index in [0.29, 0.717) is 16.4 Å². The van der Waals surface area contributed by atoms with Crippen molar-refractivity contribution in [3.8, 4) is 0 Å². The summed E-state index contributed by atoms with van der Waals surface area (Å²) in [6.45, 7) is 5.06. The van der Waals surface area contributed by atoms with Gasteiger partial charge in [-0.25, -0.2) is 0 Å². The summed E-state index contributed by atoms with van der Waals surface area (Å²) < 4.78 is 0. The molecule has 1 N–H and O–H groups in total. The Morgan fingerprint density at radius 3 is 2.44 bits per heavy atom. The Hall–Kier alpha value is -1.00. The Balaban J connectivity index is 2.76. The molecule has 3 nitrogen and oxygen atoms in total. The molecule has 0 radical (unpaired) electrons. The SMILES string of the molecule is CC(C)C(CN(C)C)NC(=O)c1ccccc1S. The molecule has 0 saturated heterocycles. The molecule has 18 heavy (non-hydrogen) atoms. The normalized spacial score (nSPS) is 12.8. The molecule has 1 rings (SSSR count). The zero-order chi connectivity index (χ0) is 13.7. The van der Waals surface area contributed by atoms with Gasteiger partial charge in [0.1, 0.15) is 0 Å². The van der Waals surface area contributed by atoms with Crippen molar-refractivity contribution in [3.05, 3.63) is 29.8 Å². The van der Waals surface area contributed by atoms with Gasteiger partial charge in [-0.1, -0.05) is 26.0 Å². The first kappa shape index (κ1) is 15.1. The van der Waals surface area contributed by atoms with Gasteiger partial charge in [0.05, 0.1) is 5.56 Å². The molecule has 4 heteroatoms. The van der Waals surface area contributed by atoms with Gasteiger partial charge in [0.15, 0.2) is 0 Å². The van der Waals surface area contributed by atoms with Crippen LogP contribution in [-0.4, -0.2) is 37.5 Å². The van der Waals surface area contributed by atoms with Crippen LogP contribution in [0.15, 0.2) is 29.2 Å². The van der Waals surface area contributed by atoms with Gasteiger partial charge in [0.2, 0.25) is 0 Å². The van der Waals surface area contributed by atoms with Gasteiger partial charge in [0.25, 0.3) is 5.91 Å². The first-order chi connectivity index (χ1) is 8.41. The van der Waals surface area contributed by atoms with Crippen LogP contribution in [0.3, 0.4) is 0 Å². The van der Waals surface area contributed by atoms with E-state index >= 15 is 0 Å². The van der Waals surface area contributed by atoms with E-state index in [1.54, 1.807) is 6.07 Å². The van der Waals surface area contributed by atoms with Gasteiger partial charge in [-0.15, -0.1) is 12.6 Å². The van der Waals surface area contributed by atoms with Crippen molar-refractivity contribution in [2.45, 2.75) is 24.8 Å². The number of rotatable bonds is 5. The molecule has 1 atom stereocenters. The number of nitrogens with zero attached hydrogens (tertiary/aromatic N) is 1. The highest BCUT2D eigenvalue weighted by molar-refractivity contribution is 7.80. The lowest BCUT2D eigenvalue weighted by atomic mass is 10.0. The Kier molecular flexibility index (Phi) is 5.69. The quantitative estimate of drug-likeness (QED) is 0.802. The largest absolute Gasteiger partial charge is 0.348 e. The van der Waals surface area contributed by atoms with Crippen LogP contribution in [0.2, 0.25) is 0 Å². The zero-order valence-corrected chi connectivity index (χ0v) is 12.4. The number of hydrogen-bond acceptors (Lipinski definition) is 3. The minimum atomic E-state index is -0.0545. The molecule has 0 aliphatic rings. The van der Waals surface area contributed by atoms with Crippen LogP contribution >= 0.6 is 12.6 Å². The summed E-state index contributed by atoms with van der Waals surface area (Å²) in [6.07, 6.45) is 0. The standard InChI is InChI=1S/C14H22N2OS/c1-10(2)12(9-16(3)4)15-14(17)11-7-5-6-8-13(11)18/h5-8,10,12,18H,9H2,1-4H3,(H,15,17). The molecule has 0 heterocycles. The molecule has 0 bridgehead atoms. The highest BCUT2D eigenvalue weighted by Crippen LogP contribution is 2.13. The number of hydrogen-bond donors (Lipinski definition) is 2. The van der Waals surface area contributed by atoms with Crippen LogP contribution < -0.4 is 5.32 Å². The van der Waals surface area contributed by atoms with Gasteiger partial charge in [0, 0.05) is 17.5 Å². The number of thiol groups is 1. The summed E-state index contributed by atoms with van der Waals surface area (Å²) in [5.74, 6) is 0.338. The summed E-state index contributed by atoms with van der Waals surface area (Å²) in [4.78, 5) is 15.0. The molecule has 0 aromatic heterocycles. The predicted octanol–water partition coefficient (Wildman–Crippen LogP) is 2.29. The minimum Gasteiger partial charge on any atom is -0.348 e. The molecular weight excluding hydrogens is 244 g/mol. The lowest BCUT2D eigenvalue weighted by Crippen LogP contribution is -2.45. The van der Waals surface area contributed by atoms with E-state index in [2.05, 4.69) is 36.7 Å². The van der Waals surface area contributed by atoms with Crippen molar-refractivity contribution in [2.24, 2.45) is 5.92 Å². The molecule has 0 fully saturated rings. The second kappa shape index (κ2) is 6.81. The minimum absolute atomic E-state index is 0.0545. The Labute approximate surface area is 115 Å². The van der Waals surface area contributed by atoms with Crippen molar-refractivity contribution in [2.75, 3.05) is 20.6 Å². The van der Waals surface area contributed by atoms with Crippen LogP contribution in [-0.2, 0) is 0 Å². The Bertz CT molecular complexity index is 405. The van der Waals surface area contributed by atoms with E-state index in [1.165, 1.54) is 0 Å². The summed E-state index contributed by atoms with van der Waals surface area (Å²) in [5, 5.41) is 3.08. The fourth-order valence-electron chi connectivity index (χ4n) is 1.73. The van der Waals surface area contributed by atoms with Crippen molar-refractivity contribution in [1.82, 2.24) is 10.2 Å². The molecule has 0 aliphatic heterocycles. The van der Waals surface area contributed by atoms with E-state index in [1.807, 2.05) is 32.3 Å². The monoisotopic (exact) mass is 266 g/mol. The fourth-order valence-corrected chi connectivity index (χ4v) is 1.99. The first-order valence-corrected chi connectivity index (χ1v) is 6.60. The number of nitrogens with one attached hydrogen (secondary N) is 1. The number of amides is 1. The number of carbonyl (C=O) groups excluding carboxylic acids is 1. The van der Waals surface area contributed by atoms with Gasteiger partial charge in [-0.2, -0.15) is 0 Å². The van der Waals surface area contributed by atoms with Crippen molar-refractivity contribution in [3.63, 3.8) is 0 Å². The van der Waals surface area contributed by atoms with Gasteiger partial charge >= 0.3 is 0 Å². The molecule has 1 unspecified atom stereocenters. The van der Waals surface area contributed by atoms with Crippen LogP contribution in [0.5, 0.6) is 0 Å². The zero-order valence-electron chi connectivity index (χ0n) is 11.5. The smallest absolute Gasteiger partial charge is 0.252 e. The number of carbonyl (C=O) groups is 1. The van der Waals surface area contributed by atoms with Crippen molar-refractivity contribution in [1.29, 1.82) is 0 Å². The predicted molar refractivity (Wildman–Crippen MR) is 78.3 cm³/mol. The average Bonchev–Trinajstić information content (AvgIpc) is 2.27. The summed E-state index contributed by atoms with van der Waals surface area (Å²) in [5.41, 5.74) is 0.630. The third-order valence-electron chi connectivity index (χ3n) is 2.83. The summed E-state index contributed by atoms with van der Waals surface area (Å²) in [7, 11) is 4.02. The maximum absolute atomic E-state index is 12.2. The number of likely N-dealkylation sites (N-methyl/N-ethyl adjacent to an activating group) is 1. The maximum Gasteiger partial charge on any atom is 0.252 e. The van der Waals surface area contributed by atoms with Gasteiger partial charge in [-0.3, -0.25) is 4.79 Å². The Morgan fingerprint density at radius 2 is 1.94 bits per heavy atom. The molecule has 100 valence electrons.